The molecule has 0 unspecified atom stereocenters. The number of hydrogen-bond donors (Lipinski definition) is 0. The summed E-state index contributed by atoms with van der Waals surface area (Å²) in [4.78, 5) is 21.3. The van der Waals surface area contributed by atoms with Crippen molar-refractivity contribution in [2.45, 2.75) is 26.1 Å². The van der Waals surface area contributed by atoms with Crippen LogP contribution in [0.5, 0.6) is 0 Å². The summed E-state index contributed by atoms with van der Waals surface area (Å²) in [6.45, 7) is 5.64. The predicted molar refractivity (Wildman–Crippen MR) is 100 cm³/mol. The Balaban J connectivity index is 1.72. The van der Waals surface area contributed by atoms with E-state index in [-0.39, 0.29) is 18.1 Å². The van der Waals surface area contributed by atoms with Crippen molar-refractivity contribution in [3.63, 3.8) is 0 Å². The number of nitrogens with zero attached hydrogens (tertiary/aromatic N) is 3. The molecule has 3 rings (SSSR count). The fourth-order valence-corrected chi connectivity index (χ4v) is 3.82. The van der Waals surface area contributed by atoms with Gasteiger partial charge in [0, 0.05) is 32.9 Å². The molecular formula is C18H23N3O2S. The molecule has 2 aliphatic heterocycles. The molecule has 1 aromatic rings. The molecule has 0 radical (unpaired) electrons. The molecular weight excluding hydrogens is 322 g/mol. The Morgan fingerprint density at radius 1 is 1.21 bits per heavy atom. The number of ether oxygens (including phenoxy) is 1. The molecule has 0 aromatic heterocycles. The van der Waals surface area contributed by atoms with E-state index < -0.39 is 0 Å². The average molecular weight is 345 g/mol. The van der Waals surface area contributed by atoms with Crippen molar-refractivity contribution >= 4 is 34.6 Å². The van der Waals surface area contributed by atoms with E-state index in [1.54, 1.807) is 0 Å². The number of thioether (sulfide) groups is 1. The molecule has 0 spiro atoms. The number of hydrogen-bond acceptors (Lipinski definition) is 5. The summed E-state index contributed by atoms with van der Waals surface area (Å²) < 4.78 is 5.75. The molecule has 0 N–H and O–H groups in total. The summed E-state index contributed by atoms with van der Waals surface area (Å²) in [5.74, 6) is -0.154. The van der Waals surface area contributed by atoms with Crippen molar-refractivity contribution < 1.29 is 9.53 Å². The van der Waals surface area contributed by atoms with E-state index in [4.69, 9.17) is 4.74 Å². The maximum absolute atomic E-state index is 12.2. The standard InChI is InChI=1S/C18H23N3O2S/c1-12-10-21(11-13(2)23-12)18-19-17(22)16(24-18)9-14-5-7-15(8-6-14)20(3)4/h5-9,12-13H,10-11H2,1-4H3/b16-9+/t12-,13-/m1/s1. The molecule has 5 nitrogen and oxygen atoms in total. The van der Waals surface area contributed by atoms with Crippen LogP contribution in [0.1, 0.15) is 19.4 Å². The molecule has 24 heavy (non-hydrogen) atoms. The monoisotopic (exact) mass is 345 g/mol. The Morgan fingerprint density at radius 2 is 1.83 bits per heavy atom. The van der Waals surface area contributed by atoms with Crippen molar-refractivity contribution in [2.75, 3.05) is 32.1 Å². The minimum absolute atomic E-state index is 0.152. The third-order valence-corrected chi connectivity index (χ3v) is 5.05. The van der Waals surface area contributed by atoms with Crippen molar-refractivity contribution in [2.24, 2.45) is 4.99 Å². The second-order valence-corrected chi connectivity index (χ2v) is 7.47. The largest absolute Gasteiger partial charge is 0.378 e. The summed E-state index contributed by atoms with van der Waals surface area (Å²) >= 11 is 1.46. The molecule has 6 heteroatoms. The van der Waals surface area contributed by atoms with Crippen LogP contribution in [0.25, 0.3) is 6.08 Å². The molecule has 1 saturated heterocycles. The summed E-state index contributed by atoms with van der Waals surface area (Å²) in [7, 11) is 4.02. The lowest BCUT2D eigenvalue weighted by atomic mass is 10.2. The normalized spacial score (nSPS) is 26.0. The van der Waals surface area contributed by atoms with Crippen LogP contribution < -0.4 is 4.90 Å². The highest BCUT2D eigenvalue weighted by Gasteiger charge is 2.30. The van der Waals surface area contributed by atoms with Gasteiger partial charge in [0.05, 0.1) is 17.1 Å². The van der Waals surface area contributed by atoms with Gasteiger partial charge in [-0.15, -0.1) is 0 Å². The minimum atomic E-state index is -0.154. The number of carbonyl (C=O) groups excluding carboxylic acids is 1. The van der Waals surface area contributed by atoms with Crippen molar-refractivity contribution in [3.8, 4) is 0 Å². The molecule has 0 aliphatic carbocycles. The van der Waals surface area contributed by atoms with Crippen LogP contribution in [0, 0.1) is 0 Å². The molecule has 1 aromatic carbocycles. The Morgan fingerprint density at radius 3 is 2.42 bits per heavy atom. The summed E-state index contributed by atoms with van der Waals surface area (Å²) in [6, 6.07) is 8.13. The summed E-state index contributed by atoms with van der Waals surface area (Å²) in [6.07, 6.45) is 2.22. The molecule has 0 bridgehead atoms. The van der Waals surface area contributed by atoms with Crippen LogP contribution in [-0.4, -0.2) is 55.4 Å². The number of carbonyl (C=O) groups is 1. The van der Waals surface area contributed by atoms with Gasteiger partial charge in [-0.2, -0.15) is 4.99 Å². The Labute approximate surface area is 147 Å². The number of amides is 1. The Bertz CT molecular complexity index is 672. The summed E-state index contributed by atoms with van der Waals surface area (Å²) in [5.41, 5.74) is 2.15. The predicted octanol–water partition coefficient (Wildman–Crippen LogP) is 2.83. The zero-order chi connectivity index (χ0) is 17.3. The van der Waals surface area contributed by atoms with Crippen molar-refractivity contribution in [1.29, 1.82) is 0 Å². The SMILES string of the molecule is C[C@@H]1CN(C2=NC(=O)/C(=C\c3ccc(N(C)C)cc3)S2)C[C@@H](C)O1. The Kier molecular flexibility index (Phi) is 4.96. The first-order valence-electron chi connectivity index (χ1n) is 8.13. The average Bonchev–Trinajstić information content (AvgIpc) is 2.88. The fourth-order valence-electron chi connectivity index (χ4n) is 2.89. The topological polar surface area (TPSA) is 45.1 Å². The molecule has 2 heterocycles. The van der Waals surface area contributed by atoms with Crippen molar-refractivity contribution in [1.82, 2.24) is 4.90 Å². The van der Waals surface area contributed by atoms with Gasteiger partial charge in [0.1, 0.15) is 0 Å². The van der Waals surface area contributed by atoms with Gasteiger partial charge in [-0.25, -0.2) is 0 Å². The highest BCUT2D eigenvalue weighted by atomic mass is 32.2. The number of amidine groups is 1. The van der Waals surface area contributed by atoms with E-state index in [0.717, 1.165) is 29.5 Å². The number of anilines is 1. The number of aliphatic imine (C=N–C) groups is 1. The van der Waals surface area contributed by atoms with E-state index in [2.05, 4.69) is 9.89 Å². The van der Waals surface area contributed by atoms with Gasteiger partial charge < -0.3 is 14.5 Å². The summed E-state index contributed by atoms with van der Waals surface area (Å²) in [5, 5.41) is 0.790. The molecule has 2 aliphatic rings. The molecule has 0 saturated carbocycles. The van der Waals surface area contributed by atoms with Crippen LogP contribution in [-0.2, 0) is 9.53 Å². The van der Waals surface area contributed by atoms with Gasteiger partial charge in [-0.1, -0.05) is 12.1 Å². The zero-order valence-corrected chi connectivity index (χ0v) is 15.3. The van der Waals surface area contributed by atoms with Gasteiger partial charge in [-0.05, 0) is 49.4 Å². The smallest absolute Gasteiger partial charge is 0.286 e. The van der Waals surface area contributed by atoms with E-state index in [1.165, 1.54) is 11.8 Å². The van der Waals surface area contributed by atoms with Crippen LogP contribution in [0.2, 0.25) is 0 Å². The molecule has 1 amide bonds. The number of rotatable bonds is 2. The van der Waals surface area contributed by atoms with E-state index >= 15 is 0 Å². The first-order valence-corrected chi connectivity index (χ1v) is 8.94. The lowest BCUT2D eigenvalue weighted by Gasteiger charge is -2.35. The first-order chi connectivity index (χ1) is 11.4. The van der Waals surface area contributed by atoms with Crippen molar-refractivity contribution in [3.05, 3.63) is 34.7 Å². The van der Waals surface area contributed by atoms with E-state index in [9.17, 15) is 4.79 Å². The maximum atomic E-state index is 12.2. The fraction of sp³-hybridized carbons (Fsp3) is 0.444. The second kappa shape index (κ2) is 6.99. The lowest BCUT2D eigenvalue weighted by molar-refractivity contribution is -0.113. The quantitative estimate of drug-likeness (QED) is 0.771. The van der Waals surface area contributed by atoms with Crippen LogP contribution >= 0.6 is 11.8 Å². The van der Waals surface area contributed by atoms with Gasteiger partial charge in [-0.3, -0.25) is 4.79 Å². The molecule has 128 valence electrons. The number of benzene rings is 1. The second-order valence-electron chi connectivity index (χ2n) is 6.46. The maximum Gasteiger partial charge on any atom is 0.286 e. The third-order valence-electron chi connectivity index (χ3n) is 4.01. The van der Waals surface area contributed by atoms with Gasteiger partial charge >= 0.3 is 0 Å². The van der Waals surface area contributed by atoms with Crippen LogP contribution in [0.3, 0.4) is 0 Å². The van der Waals surface area contributed by atoms with Crippen LogP contribution in [0.15, 0.2) is 34.2 Å². The van der Waals surface area contributed by atoms with E-state index in [0.29, 0.717) is 4.91 Å². The highest BCUT2D eigenvalue weighted by Crippen LogP contribution is 2.31. The molecule has 2 atom stereocenters. The zero-order valence-electron chi connectivity index (χ0n) is 14.5. The van der Waals surface area contributed by atoms with Gasteiger partial charge in [0.25, 0.3) is 5.91 Å². The van der Waals surface area contributed by atoms with Gasteiger partial charge in [0.15, 0.2) is 5.17 Å². The molecule has 1 fully saturated rings. The van der Waals surface area contributed by atoms with Gasteiger partial charge in [0.2, 0.25) is 0 Å². The van der Waals surface area contributed by atoms with Crippen LogP contribution in [0.4, 0.5) is 5.69 Å². The lowest BCUT2D eigenvalue weighted by Crippen LogP contribution is -2.47. The highest BCUT2D eigenvalue weighted by molar-refractivity contribution is 8.18. The third kappa shape index (κ3) is 3.82. The Hall–Kier alpha value is -1.79. The number of morpholine rings is 1. The minimum Gasteiger partial charge on any atom is -0.378 e. The van der Waals surface area contributed by atoms with E-state index in [1.807, 2.05) is 63.2 Å². The first kappa shape index (κ1) is 17.0.